The molecule has 1 fully saturated rings. The summed E-state index contributed by atoms with van der Waals surface area (Å²) in [5.74, 6) is 0.763. The molecule has 5 nitrogen and oxygen atoms in total. The predicted molar refractivity (Wildman–Crippen MR) is 99.4 cm³/mol. The normalized spacial score (nSPS) is 17.0. The molecule has 1 heterocycles. The molecular weight excluding hydrogens is 421 g/mol. The molecule has 0 radical (unpaired) electrons. The number of benzene rings is 2. The Morgan fingerprint density at radius 3 is 2.75 bits per heavy atom. The summed E-state index contributed by atoms with van der Waals surface area (Å²) in [6.45, 7) is 1.41. The van der Waals surface area contributed by atoms with Gasteiger partial charge in [0.1, 0.15) is 18.5 Å². The smallest absolute Gasteiger partial charge is 0.414 e. The van der Waals surface area contributed by atoms with E-state index in [1.54, 1.807) is 12.0 Å². The van der Waals surface area contributed by atoms with Crippen LogP contribution in [0.1, 0.15) is 5.56 Å². The third kappa shape index (κ3) is 4.18. The highest BCUT2D eigenvalue weighted by molar-refractivity contribution is 14.1. The molecular formula is C18H18INO4. The standard InChI is InChI=1S/C18H18INO4/c1-22-12-17-10-20(18(21)24-17)15-5-7-16(8-6-15)23-11-13-3-2-4-14(19)9-13/h2-9,17H,10-12H2,1H3. The average molecular weight is 439 g/mol. The van der Waals surface area contributed by atoms with Crippen molar-refractivity contribution >= 4 is 34.4 Å². The van der Waals surface area contributed by atoms with Gasteiger partial charge in [-0.1, -0.05) is 12.1 Å². The van der Waals surface area contributed by atoms with Crippen LogP contribution in [0.15, 0.2) is 48.5 Å². The van der Waals surface area contributed by atoms with Gasteiger partial charge >= 0.3 is 6.09 Å². The van der Waals surface area contributed by atoms with Gasteiger partial charge in [0.2, 0.25) is 0 Å². The van der Waals surface area contributed by atoms with Gasteiger partial charge in [-0.25, -0.2) is 4.79 Å². The van der Waals surface area contributed by atoms with Crippen molar-refractivity contribution in [3.05, 3.63) is 57.7 Å². The van der Waals surface area contributed by atoms with E-state index in [0.717, 1.165) is 17.0 Å². The summed E-state index contributed by atoms with van der Waals surface area (Å²) < 4.78 is 17.3. The van der Waals surface area contributed by atoms with E-state index in [2.05, 4.69) is 28.7 Å². The van der Waals surface area contributed by atoms with Crippen LogP contribution in [0.4, 0.5) is 10.5 Å². The van der Waals surface area contributed by atoms with Gasteiger partial charge in [-0.3, -0.25) is 4.90 Å². The zero-order chi connectivity index (χ0) is 16.9. The second-order valence-electron chi connectivity index (χ2n) is 5.48. The van der Waals surface area contributed by atoms with Gasteiger partial charge in [0.25, 0.3) is 0 Å². The first-order chi connectivity index (χ1) is 11.7. The number of hydrogen-bond donors (Lipinski definition) is 0. The van der Waals surface area contributed by atoms with Crippen molar-refractivity contribution in [1.82, 2.24) is 0 Å². The monoisotopic (exact) mass is 439 g/mol. The quantitative estimate of drug-likeness (QED) is 0.642. The van der Waals surface area contributed by atoms with Crippen molar-refractivity contribution in [1.29, 1.82) is 0 Å². The number of rotatable bonds is 6. The first-order valence-electron chi connectivity index (χ1n) is 7.60. The molecule has 1 unspecified atom stereocenters. The van der Waals surface area contributed by atoms with Crippen molar-refractivity contribution in [3.8, 4) is 5.75 Å². The number of halogens is 1. The zero-order valence-electron chi connectivity index (χ0n) is 13.3. The third-order valence-electron chi connectivity index (χ3n) is 3.67. The lowest BCUT2D eigenvalue weighted by molar-refractivity contribution is 0.0718. The van der Waals surface area contributed by atoms with Crippen LogP contribution in [0.25, 0.3) is 0 Å². The van der Waals surface area contributed by atoms with Crippen molar-refractivity contribution in [3.63, 3.8) is 0 Å². The van der Waals surface area contributed by atoms with Crippen molar-refractivity contribution in [2.75, 3.05) is 25.2 Å². The van der Waals surface area contributed by atoms with E-state index in [4.69, 9.17) is 14.2 Å². The number of ether oxygens (including phenoxy) is 3. The summed E-state index contributed by atoms with van der Waals surface area (Å²) in [6.07, 6.45) is -0.566. The Kier molecular flexibility index (Phi) is 5.57. The average Bonchev–Trinajstić information content (AvgIpc) is 2.94. The number of anilines is 1. The van der Waals surface area contributed by atoms with Crippen molar-refractivity contribution in [2.24, 2.45) is 0 Å². The SMILES string of the molecule is COCC1CN(c2ccc(OCc3cccc(I)c3)cc2)C(=O)O1. The molecule has 2 aromatic carbocycles. The lowest BCUT2D eigenvalue weighted by atomic mass is 10.2. The Morgan fingerprint density at radius 2 is 2.04 bits per heavy atom. The predicted octanol–water partition coefficient (Wildman–Crippen LogP) is 3.84. The highest BCUT2D eigenvalue weighted by atomic mass is 127. The van der Waals surface area contributed by atoms with Crippen LogP contribution in [0.3, 0.4) is 0 Å². The maximum Gasteiger partial charge on any atom is 0.414 e. The molecule has 1 aliphatic rings. The highest BCUT2D eigenvalue weighted by Crippen LogP contribution is 2.24. The summed E-state index contributed by atoms with van der Waals surface area (Å²) in [6, 6.07) is 15.6. The molecule has 0 bridgehead atoms. The fraction of sp³-hybridized carbons (Fsp3) is 0.278. The molecule has 24 heavy (non-hydrogen) atoms. The second-order valence-corrected chi connectivity index (χ2v) is 6.73. The molecule has 3 rings (SSSR count). The molecule has 1 atom stereocenters. The maximum atomic E-state index is 11.9. The second kappa shape index (κ2) is 7.85. The first kappa shape index (κ1) is 17.0. The fourth-order valence-electron chi connectivity index (χ4n) is 2.52. The molecule has 0 aliphatic carbocycles. The highest BCUT2D eigenvalue weighted by Gasteiger charge is 2.32. The lowest BCUT2D eigenvalue weighted by Crippen LogP contribution is -2.25. The number of cyclic esters (lactones) is 1. The first-order valence-corrected chi connectivity index (χ1v) is 8.68. The van der Waals surface area contributed by atoms with E-state index in [9.17, 15) is 4.79 Å². The minimum Gasteiger partial charge on any atom is -0.489 e. The number of hydrogen-bond acceptors (Lipinski definition) is 4. The zero-order valence-corrected chi connectivity index (χ0v) is 15.4. The van der Waals surface area contributed by atoms with Crippen LogP contribution in [-0.2, 0) is 16.1 Å². The van der Waals surface area contributed by atoms with E-state index < -0.39 is 0 Å². The number of amides is 1. The molecule has 1 saturated heterocycles. The molecule has 1 amide bonds. The molecule has 0 aromatic heterocycles. The van der Waals surface area contributed by atoms with E-state index in [1.807, 2.05) is 42.5 Å². The van der Waals surface area contributed by atoms with Gasteiger partial charge in [-0.15, -0.1) is 0 Å². The fourth-order valence-corrected chi connectivity index (χ4v) is 3.13. The number of carbonyl (C=O) groups excluding carboxylic acids is 1. The van der Waals surface area contributed by atoms with Gasteiger partial charge in [-0.2, -0.15) is 0 Å². The largest absolute Gasteiger partial charge is 0.489 e. The van der Waals surface area contributed by atoms with Crippen molar-refractivity contribution in [2.45, 2.75) is 12.7 Å². The molecule has 6 heteroatoms. The van der Waals surface area contributed by atoms with Gasteiger partial charge in [-0.05, 0) is 64.6 Å². The summed E-state index contributed by atoms with van der Waals surface area (Å²) in [4.78, 5) is 13.5. The molecule has 2 aromatic rings. The van der Waals surface area contributed by atoms with Crippen LogP contribution >= 0.6 is 22.6 Å². The lowest BCUT2D eigenvalue weighted by Gasteiger charge is -2.14. The Balaban J connectivity index is 1.60. The minimum absolute atomic E-state index is 0.223. The van der Waals surface area contributed by atoms with E-state index in [0.29, 0.717) is 19.8 Å². The third-order valence-corrected chi connectivity index (χ3v) is 4.34. The van der Waals surface area contributed by atoms with Crippen LogP contribution in [0.5, 0.6) is 5.75 Å². The van der Waals surface area contributed by atoms with Crippen LogP contribution in [0, 0.1) is 3.57 Å². The van der Waals surface area contributed by atoms with Gasteiger partial charge in [0.05, 0.1) is 13.2 Å². The molecule has 1 aliphatic heterocycles. The summed E-state index contributed by atoms with van der Waals surface area (Å²) >= 11 is 2.28. The molecule has 0 spiro atoms. The Hall–Kier alpha value is -1.80. The minimum atomic E-state index is -0.343. The van der Waals surface area contributed by atoms with Crippen molar-refractivity contribution < 1.29 is 19.0 Å². The van der Waals surface area contributed by atoms with Gasteiger partial charge in [0.15, 0.2) is 0 Å². The Morgan fingerprint density at radius 1 is 1.25 bits per heavy atom. The number of methoxy groups -OCH3 is 1. The summed E-state index contributed by atoms with van der Waals surface area (Å²) in [5, 5.41) is 0. The Bertz CT molecular complexity index is 704. The van der Waals surface area contributed by atoms with Crippen LogP contribution in [0.2, 0.25) is 0 Å². The number of nitrogens with zero attached hydrogens (tertiary/aromatic N) is 1. The maximum absolute atomic E-state index is 11.9. The van der Waals surface area contributed by atoms with Gasteiger partial charge < -0.3 is 14.2 Å². The number of carbonyl (C=O) groups is 1. The summed E-state index contributed by atoms with van der Waals surface area (Å²) in [5.41, 5.74) is 1.91. The topological polar surface area (TPSA) is 48.0 Å². The van der Waals surface area contributed by atoms with Gasteiger partial charge in [0, 0.05) is 16.4 Å². The van der Waals surface area contributed by atoms with Crippen LogP contribution in [-0.4, -0.2) is 32.5 Å². The molecule has 0 saturated carbocycles. The van der Waals surface area contributed by atoms with Crippen LogP contribution < -0.4 is 9.64 Å². The Labute approximate surface area is 154 Å². The summed E-state index contributed by atoms with van der Waals surface area (Å²) in [7, 11) is 1.59. The van der Waals surface area contributed by atoms with E-state index in [-0.39, 0.29) is 12.2 Å². The molecule has 126 valence electrons. The van der Waals surface area contributed by atoms with E-state index in [1.165, 1.54) is 3.57 Å². The molecule has 0 N–H and O–H groups in total. The van der Waals surface area contributed by atoms with E-state index >= 15 is 0 Å².